The standard InChI is InChI=1S/C23H43NO5/c1-3-4-5-12-15-20(26)16-13-10-8-6-7-9-11-14-17-22(27)24-21(23(28)29)18-19(2)25/h20-21,26H,3-18H2,1-2H3,(H,24,27)(H,28,29). The molecule has 0 saturated heterocycles. The van der Waals surface area contributed by atoms with Crippen LogP contribution in [-0.4, -0.2) is 40.0 Å². The summed E-state index contributed by atoms with van der Waals surface area (Å²) in [5.41, 5.74) is 0. The van der Waals surface area contributed by atoms with E-state index in [2.05, 4.69) is 12.2 Å². The van der Waals surface area contributed by atoms with E-state index in [1.165, 1.54) is 45.4 Å². The molecular weight excluding hydrogens is 370 g/mol. The van der Waals surface area contributed by atoms with E-state index in [4.69, 9.17) is 5.11 Å². The Hall–Kier alpha value is -1.43. The van der Waals surface area contributed by atoms with Crippen LogP contribution in [0.15, 0.2) is 0 Å². The van der Waals surface area contributed by atoms with Crippen molar-refractivity contribution in [2.45, 2.75) is 129 Å². The molecule has 0 fully saturated rings. The molecule has 2 unspecified atom stereocenters. The van der Waals surface area contributed by atoms with Gasteiger partial charge in [-0.1, -0.05) is 77.6 Å². The first-order chi connectivity index (χ1) is 13.9. The number of carboxylic acids is 1. The smallest absolute Gasteiger partial charge is 0.326 e. The minimum absolute atomic E-state index is 0.130. The summed E-state index contributed by atoms with van der Waals surface area (Å²) in [5, 5.41) is 21.4. The van der Waals surface area contributed by atoms with Crippen molar-refractivity contribution in [3.63, 3.8) is 0 Å². The number of hydrogen-bond donors (Lipinski definition) is 3. The van der Waals surface area contributed by atoms with Crippen molar-refractivity contribution in [3.8, 4) is 0 Å². The maximum atomic E-state index is 11.8. The molecule has 0 bridgehead atoms. The minimum atomic E-state index is -1.17. The van der Waals surface area contributed by atoms with E-state index in [1.54, 1.807) is 0 Å². The third kappa shape index (κ3) is 18.3. The number of aliphatic carboxylic acids is 1. The zero-order valence-corrected chi connectivity index (χ0v) is 18.6. The number of hydrogen-bond acceptors (Lipinski definition) is 4. The number of ketones is 1. The molecule has 0 aromatic rings. The lowest BCUT2D eigenvalue weighted by atomic mass is 10.0. The number of aliphatic hydroxyl groups is 1. The van der Waals surface area contributed by atoms with Gasteiger partial charge in [-0.25, -0.2) is 4.79 Å². The Kier molecular flexibility index (Phi) is 17.7. The molecule has 0 heterocycles. The van der Waals surface area contributed by atoms with Crippen LogP contribution in [0.5, 0.6) is 0 Å². The number of unbranched alkanes of at least 4 members (excludes halogenated alkanes) is 10. The lowest BCUT2D eigenvalue weighted by Gasteiger charge is -2.12. The third-order valence-corrected chi connectivity index (χ3v) is 5.21. The van der Waals surface area contributed by atoms with Gasteiger partial charge in [0.15, 0.2) is 0 Å². The summed E-state index contributed by atoms with van der Waals surface area (Å²) in [4.78, 5) is 33.9. The number of amides is 1. The van der Waals surface area contributed by atoms with Crippen molar-refractivity contribution in [1.82, 2.24) is 5.32 Å². The van der Waals surface area contributed by atoms with Gasteiger partial charge in [0.05, 0.1) is 6.10 Å². The molecule has 0 aliphatic heterocycles. The predicted molar refractivity (Wildman–Crippen MR) is 116 cm³/mol. The first kappa shape index (κ1) is 27.6. The summed E-state index contributed by atoms with van der Waals surface area (Å²) in [5.74, 6) is -1.72. The maximum absolute atomic E-state index is 11.8. The fourth-order valence-corrected chi connectivity index (χ4v) is 3.43. The molecule has 0 aliphatic carbocycles. The van der Waals surface area contributed by atoms with Crippen molar-refractivity contribution < 1.29 is 24.6 Å². The molecule has 0 aromatic carbocycles. The summed E-state index contributed by atoms with van der Waals surface area (Å²) in [7, 11) is 0. The van der Waals surface area contributed by atoms with Crippen molar-refractivity contribution >= 4 is 17.7 Å². The van der Waals surface area contributed by atoms with Gasteiger partial charge in [0.25, 0.3) is 0 Å². The van der Waals surface area contributed by atoms with Crippen LogP contribution in [-0.2, 0) is 14.4 Å². The molecule has 0 aliphatic rings. The second-order valence-electron chi connectivity index (χ2n) is 8.23. The Morgan fingerprint density at radius 3 is 1.76 bits per heavy atom. The Labute approximate surface area is 176 Å². The van der Waals surface area contributed by atoms with E-state index < -0.39 is 12.0 Å². The Balaban J connectivity index is 3.51. The van der Waals surface area contributed by atoms with E-state index in [-0.39, 0.29) is 24.2 Å². The normalized spacial score (nSPS) is 13.1. The molecule has 2 atom stereocenters. The third-order valence-electron chi connectivity index (χ3n) is 5.21. The topological polar surface area (TPSA) is 104 Å². The quantitative estimate of drug-likeness (QED) is 0.249. The second-order valence-corrected chi connectivity index (χ2v) is 8.23. The van der Waals surface area contributed by atoms with Crippen LogP contribution in [0.4, 0.5) is 0 Å². The van der Waals surface area contributed by atoms with E-state index in [0.717, 1.165) is 51.4 Å². The van der Waals surface area contributed by atoms with Crippen LogP contribution >= 0.6 is 0 Å². The molecular formula is C23H43NO5. The zero-order valence-electron chi connectivity index (χ0n) is 18.6. The highest BCUT2D eigenvalue weighted by atomic mass is 16.4. The average molecular weight is 414 g/mol. The summed E-state index contributed by atoms with van der Waals surface area (Å²) >= 11 is 0. The first-order valence-electron chi connectivity index (χ1n) is 11.6. The fraction of sp³-hybridized carbons (Fsp3) is 0.870. The van der Waals surface area contributed by atoms with Crippen LogP contribution in [0.2, 0.25) is 0 Å². The molecule has 0 aromatic heterocycles. The average Bonchev–Trinajstić information content (AvgIpc) is 2.65. The van der Waals surface area contributed by atoms with Crippen LogP contribution in [0.1, 0.15) is 117 Å². The number of carbonyl (C=O) groups is 3. The molecule has 3 N–H and O–H groups in total. The van der Waals surface area contributed by atoms with Crippen molar-refractivity contribution in [2.75, 3.05) is 0 Å². The van der Waals surface area contributed by atoms with Crippen LogP contribution in [0.3, 0.4) is 0 Å². The lowest BCUT2D eigenvalue weighted by Crippen LogP contribution is -2.41. The molecule has 0 rings (SSSR count). The van der Waals surface area contributed by atoms with Crippen molar-refractivity contribution in [1.29, 1.82) is 0 Å². The number of carboxylic acid groups (broad SMARTS) is 1. The Bertz CT molecular complexity index is 453. The predicted octanol–water partition coefficient (Wildman–Crippen LogP) is 4.77. The molecule has 6 heteroatoms. The number of rotatable bonds is 20. The minimum Gasteiger partial charge on any atom is -0.480 e. The fourth-order valence-electron chi connectivity index (χ4n) is 3.43. The van der Waals surface area contributed by atoms with Crippen LogP contribution in [0, 0.1) is 0 Å². The highest BCUT2D eigenvalue weighted by Crippen LogP contribution is 2.14. The van der Waals surface area contributed by atoms with Crippen LogP contribution in [0.25, 0.3) is 0 Å². The molecule has 170 valence electrons. The molecule has 0 spiro atoms. The van der Waals surface area contributed by atoms with Gasteiger partial charge in [-0.15, -0.1) is 0 Å². The van der Waals surface area contributed by atoms with Crippen molar-refractivity contribution in [3.05, 3.63) is 0 Å². The van der Waals surface area contributed by atoms with Gasteiger partial charge < -0.3 is 15.5 Å². The monoisotopic (exact) mass is 413 g/mol. The van der Waals surface area contributed by atoms with Gasteiger partial charge in [-0.05, 0) is 26.2 Å². The molecule has 1 amide bonds. The van der Waals surface area contributed by atoms with E-state index in [1.807, 2.05) is 0 Å². The van der Waals surface area contributed by atoms with Gasteiger partial charge in [0.1, 0.15) is 11.8 Å². The summed E-state index contributed by atoms with van der Waals surface area (Å²) in [6, 6.07) is -1.12. The summed E-state index contributed by atoms with van der Waals surface area (Å²) in [6.07, 6.45) is 15.3. The second kappa shape index (κ2) is 18.6. The number of nitrogens with one attached hydrogen (secondary N) is 1. The molecule has 29 heavy (non-hydrogen) atoms. The highest BCUT2D eigenvalue weighted by Gasteiger charge is 2.21. The van der Waals surface area contributed by atoms with Gasteiger partial charge in [0.2, 0.25) is 5.91 Å². The zero-order chi connectivity index (χ0) is 21.9. The van der Waals surface area contributed by atoms with Gasteiger partial charge in [-0.2, -0.15) is 0 Å². The van der Waals surface area contributed by atoms with Crippen LogP contribution < -0.4 is 5.32 Å². The Morgan fingerprint density at radius 2 is 1.28 bits per heavy atom. The number of carbonyl (C=O) groups excluding carboxylic acids is 2. The van der Waals surface area contributed by atoms with Gasteiger partial charge in [0, 0.05) is 12.8 Å². The number of Topliss-reactive ketones (excluding diaryl/α,β-unsaturated/α-hetero) is 1. The Morgan fingerprint density at radius 1 is 0.793 bits per heavy atom. The molecule has 6 nitrogen and oxygen atoms in total. The maximum Gasteiger partial charge on any atom is 0.326 e. The largest absolute Gasteiger partial charge is 0.480 e. The SMILES string of the molecule is CCCCCCC(O)CCCCCCCCCCC(=O)NC(CC(C)=O)C(=O)O. The van der Waals surface area contributed by atoms with Gasteiger partial charge in [-0.3, -0.25) is 9.59 Å². The highest BCUT2D eigenvalue weighted by molar-refractivity contribution is 5.88. The van der Waals surface area contributed by atoms with E-state index in [0.29, 0.717) is 6.42 Å². The van der Waals surface area contributed by atoms with Crippen molar-refractivity contribution in [2.24, 2.45) is 0 Å². The summed E-state index contributed by atoms with van der Waals surface area (Å²) < 4.78 is 0. The van der Waals surface area contributed by atoms with E-state index in [9.17, 15) is 19.5 Å². The molecule has 0 saturated carbocycles. The first-order valence-corrected chi connectivity index (χ1v) is 11.6. The van der Waals surface area contributed by atoms with E-state index >= 15 is 0 Å². The van der Waals surface area contributed by atoms with Gasteiger partial charge >= 0.3 is 5.97 Å². The lowest BCUT2D eigenvalue weighted by molar-refractivity contribution is -0.143. The number of aliphatic hydroxyl groups excluding tert-OH is 1. The summed E-state index contributed by atoms with van der Waals surface area (Å²) in [6.45, 7) is 3.52. The molecule has 0 radical (unpaired) electrons.